The maximum Gasteiger partial charge on any atom is 0.256 e. The maximum absolute atomic E-state index is 12.6. The molecule has 108 valence electrons. The van der Waals surface area contributed by atoms with Gasteiger partial charge in [-0.15, -0.1) is 0 Å². The highest BCUT2D eigenvalue weighted by molar-refractivity contribution is 9.10. The van der Waals surface area contributed by atoms with Gasteiger partial charge in [-0.05, 0) is 43.4 Å². The molecule has 3 rings (SSSR count). The third-order valence-corrected chi connectivity index (χ3v) is 5.74. The Morgan fingerprint density at radius 3 is 2.55 bits per heavy atom. The largest absolute Gasteiger partial charge is 0.331 e. The Labute approximate surface area is 127 Å². The van der Waals surface area contributed by atoms with Gasteiger partial charge in [-0.25, -0.2) is 8.42 Å². The van der Waals surface area contributed by atoms with Crippen LogP contribution < -0.4 is 0 Å². The predicted octanol–water partition coefficient (Wildman–Crippen LogP) is 2.61. The summed E-state index contributed by atoms with van der Waals surface area (Å²) in [6.07, 6.45) is 3.46. The minimum atomic E-state index is -3.41. The van der Waals surface area contributed by atoms with Crippen LogP contribution in [0.4, 0.5) is 0 Å². The Morgan fingerprint density at radius 2 is 2.00 bits per heavy atom. The summed E-state index contributed by atoms with van der Waals surface area (Å²) < 4.78 is 24.5. The summed E-state index contributed by atoms with van der Waals surface area (Å²) >= 11 is 3.33. The zero-order valence-electron chi connectivity index (χ0n) is 11.4. The van der Waals surface area contributed by atoms with E-state index in [2.05, 4.69) is 22.9 Å². The fourth-order valence-corrected chi connectivity index (χ4v) is 4.44. The molecule has 4 nitrogen and oxygen atoms in total. The van der Waals surface area contributed by atoms with Crippen molar-refractivity contribution >= 4 is 31.7 Å². The lowest BCUT2D eigenvalue weighted by atomic mass is 10.1. The quantitative estimate of drug-likeness (QED) is 0.835. The number of hydrogen-bond acceptors (Lipinski definition) is 3. The van der Waals surface area contributed by atoms with Crippen LogP contribution in [0.2, 0.25) is 0 Å². The van der Waals surface area contributed by atoms with Gasteiger partial charge in [-0.1, -0.05) is 15.9 Å². The maximum atomic E-state index is 12.6. The van der Waals surface area contributed by atoms with Crippen molar-refractivity contribution < 1.29 is 13.2 Å². The Bertz CT molecular complexity index is 695. The molecule has 1 heterocycles. The van der Waals surface area contributed by atoms with E-state index < -0.39 is 9.84 Å². The monoisotopic (exact) mass is 357 g/mol. The first-order chi connectivity index (χ1) is 9.29. The molecule has 0 saturated heterocycles. The fourth-order valence-electron chi connectivity index (χ4n) is 2.86. The molecule has 1 aliphatic carbocycles. The van der Waals surface area contributed by atoms with Crippen LogP contribution in [0.3, 0.4) is 0 Å². The van der Waals surface area contributed by atoms with Crippen LogP contribution >= 0.6 is 15.9 Å². The minimum Gasteiger partial charge on any atom is -0.331 e. The molecule has 0 radical (unpaired) electrons. The van der Waals surface area contributed by atoms with Gasteiger partial charge in [0.2, 0.25) is 0 Å². The first kappa shape index (κ1) is 14.1. The number of sulfone groups is 1. The highest BCUT2D eigenvalue weighted by Gasteiger charge is 2.40. The molecule has 0 spiro atoms. The van der Waals surface area contributed by atoms with Gasteiger partial charge in [0.25, 0.3) is 5.91 Å². The van der Waals surface area contributed by atoms with E-state index in [0.717, 1.165) is 24.7 Å². The molecule has 1 aromatic carbocycles. The number of rotatable bonds is 3. The van der Waals surface area contributed by atoms with Crippen molar-refractivity contribution in [2.24, 2.45) is 5.92 Å². The molecule has 0 bridgehead atoms. The third-order valence-electron chi connectivity index (χ3n) is 4.16. The first-order valence-corrected chi connectivity index (χ1v) is 9.31. The number of carbonyl (C=O) groups is 1. The van der Waals surface area contributed by atoms with Crippen molar-refractivity contribution in [1.29, 1.82) is 0 Å². The Kier molecular flexibility index (Phi) is 3.21. The summed E-state index contributed by atoms with van der Waals surface area (Å²) in [5.41, 5.74) is 1.17. The molecular weight excluding hydrogens is 342 g/mol. The summed E-state index contributed by atoms with van der Waals surface area (Å²) in [5.74, 6) is 0.422. The van der Waals surface area contributed by atoms with Crippen molar-refractivity contribution in [3.8, 4) is 0 Å². The standard InChI is InChI=1S/C14H16BrNO3S/c1-8(9-3-4-9)16-7-10-5-11(15)6-12(20(2,18)19)13(10)14(16)17/h5-6,8-9H,3-4,7H2,1-2H3/t8-/m0/s1. The van der Waals surface area contributed by atoms with E-state index in [-0.39, 0.29) is 16.8 Å². The van der Waals surface area contributed by atoms with Crippen LogP contribution in [0, 0.1) is 5.92 Å². The average Bonchev–Trinajstić information content (AvgIpc) is 3.12. The van der Waals surface area contributed by atoms with Crippen LogP contribution in [0.15, 0.2) is 21.5 Å². The van der Waals surface area contributed by atoms with Crippen molar-refractivity contribution in [1.82, 2.24) is 4.90 Å². The molecule has 6 heteroatoms. The van der Waals surface area contributed by atoms with Gasteiger partial charge in [-0.3, -0.25) is 4.79 Å². The normalized spacial score (nSPS) is 20.1. The summed E-state index contributed by atoms with van der Waals surface area (Å²) in [7, 11) is -3.41. The van der Waals surface area contributed by atoms with E-state index in [4.69, 9.17) is 0 Å². The van der Waals surface area contributed by atoms with Crippen LogP contribution in [-0.4, -0.2) is 31.5 Å². The van der Waals surface area contributed by atoms with Gasteiger partial charge in [0, 0.05) is 23.3 Å². The molecule has 0 aromatic heterocycles. The van der Waals surface area contributed by atoms with Gasteiger partial charge >= 0.3 is 0 Å². The average molecular weight is 358 g/mol. The molecule has 1 aromatic rings. The Morgan fingerprint density at radius 1 is 1.35 bits per heavy atom. The van der Waals surface area contributed by atoms with Gasteiger partial charge in [-0.2, -0.15) is 0 Å². The topological polar surface area (TPSA) is 54.5 Å². The number of carbonyl (C=O) groups excluding carboxylic acids is 1. The molecule has 1 amide bonds. The molecule has 0 N–H and O–H groups in total. The molecule has 0 unspecified atom stereocenters. The van der Waals surface area contributed by atoms with Crippen molar-refractivity contribution in [2.45, 2.75) is 37.2 Å². The molecule has 1 saturated carbocycles. The fraction of sp³-hybridized carbons (Fsp3) is 0.500. The Hall–Kier alpha value is -0.880. The van der Waals surface area contributed by atoms with Gasteiger partial charge in [0.05, 0.1) is 10.5 Å². The SMILES string of the molecule is C[C@@H](C1CC1)N1Cc2cc(Br)cc(S(C)(=O)=O)c2C1=O. The highest BCUT2D eigenvalue weighted by Crippen LogP contribution is 2.40. The van der Waals surface area contributed by atoms with Crippen molar-refractivity contribution in [2.75, 3.05) is 6.26 Å². The molecule has 1 aliphatic heterocycles. The highest BCUT2D eigenvalue weighted by atomic mass is 79.9. The lowest BCUT2D eigenvalue weighted by molar-refractivity contribution is 0.0695. The first-order valence-electron chi connectivity index (χ1n) is 6.62. The van der Waals surface area contributed by atoms with Crippen LogP contribution in [-0.2, 0) is 16.4 Å². The van der Waals surface area contributed by atoms with Crippen LogP contribution in [0.1, 0.15) is 35.7 Å². The lowest BCUT2D eigenvalue weighted by Gasteiger charge is -2.24. The molecule has 1 atom stereocenters. The zero-order valence-corrected chi connectivity index (χ0v) is 13.8. The van der Waals surface area contributed by atoms with Crippen molar-refractivity contribution in [3.05, 3.63) is 27.7 Å². The predicted molar refractivity (Wildman–Crippen MR) is 79.3 cm³/mol. The molecule has 20 heavy (non-hydrogen) atoms. The second kappa shape index (κ2) is 4.56. The van der Waals surface area contributed by atoms with Crippen LogP contribution in [0.5, 0.6) is 0 Å². The number of amides is 1. The van der Waals surface area contributed by atoms with E-state index in [1.807, 2.05) is 11.0 Å². The van der Waals surface area contributed by atoms with Gasteiger partial charge in [0.1, 0.15) is 0 Å². The number of nitrogens with zero attached hydrogens (tertiary/aromatic N) is 1. The van der Waals surface area contributed by atoms with Gasteiger partial charge in [0.15, 0.2) is 9.84 Å². The summed E-state index contributed by atoms with van der Waals surface area (Å²) in [5, 5.41) is 0. The second-order valence-corrected chi connectivity index (χ2v) is 8.62. The minimum absolute atomic E-state index is 0.136. The number of halogens is 1. The zero-order chi connectivity index (χ0) is 14.7. The van der Waals surface area contributed by atoms with E-state index in [1.165, 1.54) is 6.07 Å². The van der Waals surface area contributed by atoms with Gasteiger partial charge < -0.3 is 4.90 Å². The number of fused-ring (bicyclic) bond motifs is 1. The van der Waals surface area contributed by atoms with E-state index in [1.54, 1.807) is 0 Å². The van der Waals surface area contributed by atoms with E-state index in [9.17, 15) is 13.2 Å². The summed E-state index contributed by atoms with van der Waals surface area (Å²) in [4.78, 5) is 14.5. The van der Waals surface area contributed by atoms with Crippen LogP contribution in [0.25, 0.3) is 0 Å². The number of benzene rings is 1. The van der Waals surface area contributed by atoms with E-state index >= 15 is 0 Å². The molecule has 1 fully saturated rings. The number of hydrogen-bond donors (Lipinski definition) is 0. The third kappa shape index (κ3) is 2.29. The Balaban J connectivity index is 2.08. The summed E-state index contributed by atoms with van der Waals surface area (Å²) in [6.45, 7) is 2.56. The second-order valence-electron chi connectivity index (χ2n) is 5.72. The summed E-state index contributed by atoms with van der Waals surface area (Å²) in [6, 6.07) is 3.56. The molecular formula is C14H16BrNO3S. The smallest absolute Gasteiger partial charge is 0.256 e. The van der Waals surface area contributed by atoms with E-state index in [0.29, 0.717) is 22.5 Å². The van der Waals surface area contributed by atoms with Crippen molar-refractivity contribution in [3.63, 3.8) is 0 Å². The molecule has 2 aliphatic rings. The lowest BCUT2D eigenvalue weighted by Crippen LogP contribution is -2.35.